The van der Waals surface area contributed by atoms with Gasteiger partial charge in [-0.3, -0.25) is 4.68 Å². The van der Waals surface area contributed by atoms with Gasteiger partial charge in [-0.15, -0.1) is 0 Å². The van der Waals surface area contributed by atoms with Crippen molar-refractivity contribution < 1.29 is 0 Å². The highest BCUT2D eigenvalue weighted by Gasteiger charge is 2.04. The highest BCUT2D eigenvalue weighted by Crippen LogP contribution is 2.23. The van der Waals surface area contributed by atoms with Gasteiger partial charge >= 0.3 is 0 Å². The van der Waals surface area contributed by atoms with Crippen LogP contribution in [0.5, 0.6) is 0 Å². The summed E-state index contributed by atoms with van der Waals surface area (Å²) in [7, 11) is 1.94. The van der Waals surface area contributed by atoms with E-state index in [1.54, 1.807) is 0 Å². The molecule has 16 heavy (non-hydrogen) atoms. The number of rotatable bonds is 3. The lowest BCUT2D eigenvalue weighted by Gasteiger charge is -2.09. The fraction of sp³-hybridized carbons (Fsp3) is 0.357. The molecule has 0 fully saturated rings. The number of benzene rings is 1. The summed E-state index contributed by atoms with van der Waals surface area (Å²) in [4.78, 5) is 0. The average Bonchev–Trinajstić information content (AvgIpc) is 2.75. The number of hydrogen-bond donors (Lipinski definition) is 0. The van der Waals surface area contributed by atoms with Crippen molar-refractivity contribution in [2.45, 2.75) is 26.2 Å². The SMILES string of the molecule is CCC(C)c1ccc(-c2cnn(C)c2)cc1. The van der Waals surface area contributed by atoms with E-state index in [-0.39, 0.29) is 0 Å². The molecule has 0 amide bonds. The predicted molar refractivity (Wildman–Crippen MR) is 67.4 cm³/mol. The van der Waals surface area contributed by atoms with Crippen molar-refractivity contribution in [3.63, 3.8) is 0 Å². The Hall–Kier alpha value is -1.57. The van der Waals surface area contributed by atoms with E-state index in [1.165, 1.54) is 23.1 Å². The van der Waals surface area contributed by atoms with Crippen LogP contribution in [0.4, 0.5) is 0 Å². The molecule has 0 radical (unpaired) electrons. The first-order valence-electron chi connectivity index (χ1n) is 5.79. The Bertz CT molecular complexity index is 454. The molecule has 1 aromatic carbocycles. The van der Waals surface area contributed by atoms with E-state index >= 15 is 0 Å². The maximum absolute atomic E-state index is 4.18. The minimum absolute atomic E-state index is 0.642. The summed E-state index contributed by atoms with van der Waals surface area (Å²) in [5.74, 6) is 0.642. The van der Waals surface area contributed by atoms with E-state index in [0.717, 1.165) is 0 Å². The molecule has 0 aliphatic heterocycles. The topological polar surface area (TPSA) is 17.8 Å². The molecule has 1 heterocycles. The molecule has 2 nitrogen and oxygen atoms in total. The molecule has 1 atom stereocenters. The lowest BCUT2D eigenvalue weighted by molar-refractivity contribution is 0.734. The molecule has 1 aromatic heterocycles. The van der Waals surface area contributed by atoms with Gasteiger partial charge in [-0.2, -0.15) is 5.10 Å². The van der Waals surface area contributed by atoms with Gasteiger partial charge in [0.25, 0.3) is 0 Å². The Morgan fingerprint density at radius 3 is 2.38 bits per heavy atom. The molecule has 2 heteroatoms. The average molecular weight is 214 g/mol. The van der Waals surface area contributed by atoms with Gasteiger partial charge in [0.15, 0.2) is 0 Å². The second-order valence-electron chi connectivity index (χ2n) is 4.33. The molecule has 0 aliphatic carbocycles. The van der Waals surface area contributed by atoms with Gasteiger partial charge in [0.2, 0.25) is 0 Å². The number of nitrogens with zero attached hydrogens (tertiary/aromatic N) is 2. The molecule has 0 N–H and O–H groups in total. The third kappa shape index (κ3) is 2.16. The Morgan fingerprint density at radius 2 is 1.88 bits per heavy atom. The fourth-order valence-corrected chi connectivity index (χ4v) is 1.81. The van der Waals surface area contributed by atoms with E-state index in [2.05, 4.69) is 43.2 Å². The van der Waals surface area contributed by atoms with E-state index in [4.69, 9.17) is 0 Å². The fourth-order valence-electron chi connectivity index (χ4n) is 1.81. The molecule has 2 aromatic rings. The van der Waals surface area contributed by atoms with Crippen molar-refractivity contribution in [3.8, 4) is 11.1 Å². The molecule has 1 unspecified atom stereocenters. The van der Waals surface area contributed by atoms with Gasteiger partial charge in [0, 0.05) is 18.8 Å². The third-order valence-corrected chi connectivity index (χ3v) is 3.13. The summed E-state index contributed by atoms with van der Waals surface area (Å²) in [6, 6.07) is 8.80. The van der Waals surface area contributed by atoms with Gasteiger partial charge < -0.3 is 0 Å². The van der Waals surface area contributed by atoms with Crippen molar-refractivity contribution >= 4 is 0 Å². The minimum Gasteiger partial charge on any atom is -0.275 e. The zero-order valence-corrected chi connectivity index (χ0v) is 10.1. The molecule has 84 valence electrons. The Labute approximate surface area is 96.9 Å². The van der Waals surface area contributed by atoms with Crippen molar-refractivity contribution in [3.05, 3.63) is 42.2 Å². The number of hydrogen-bond acceptors (Lipinski definition) is 1. The summed E-state index contributed by atoms with van der Waals surface area (Å²) in [5, 5.41) is 4.18. The predicted octanol–water partition coefficient (Wildman–Crippen LogP) is 3.60. The first kappa shape index (κ1) is 10.9. The van der Waals surface area contributed by atoms with Crippen LogP contribution in [-0.2, 0) is 7.05 Å². The normalized spacial score (nSPS) is 12.7. The van der Waals surface area contributed by atoms with Crippen molar-refractivity contribution in [1.82, 2.24) is 9.78 Å². The minimum atomic E-state index is 0.642. The van der Waals surface area contributed by atoms with Crippen molar-refractivity contribution in [2.24, 2.45) is 7.05 Å². The first-order valence-corrected chi connectivity index (χ1v) is 5.79. The monoisotopic (exact) mass is 214 g/mol. The van der Waals surface area contributed by atoms with Gasteiger partial charge in [-0.1, -0.05) is 38.1 Å². The summed E-state index contributed by atoms with van der Waals surface area (Å²) in [6.07, 6.45) is 5.13. The van der Waals surface area contributed by atoms with Gasteiger partial charge in [-0.25, -0.2) is 0 Å². The zero-order chi connectivity index (χ0) is 11.5. The van der Waals surface area contributed by atoms with Crippen LogP contribution >= 0.6 is 0 Å². The number of aromatic nitrogens is 2. The van der Waals surface area contributed by atoms with Crippen LogP contribution in [0.2, 0.25) is 0 Å². The molecule has 0 saturated carbocycles. The van der Waals surface area contributed by atoms with Crippen LogP contribution < -0.4 is 0 Å². The quantitative estimate of drug-likeness (QED) is 0.763. The summed E-state index contributed by atoms with van der Waals surface area (Å²) in [5.41, 5.74) is 3.83. The first-order chi connectivity index (χ1) is 7.70. The van der Waals surface area contributed by atoms with Gasteiger partial charge in [-0.05, 0) is 23.5 Å². The highest BCUT2D eigenvalue weighted by molar-refractivity contribution is 5.62. The molecular weight excluding hydrogens is 196 g/mol. The zero-order valence-electron chi connectivity index (χ0n) is 10.1. The largest absolute Gasteiger partial charge is 0.275 e. The molecule has 0 spiro atoms. The van der Waals surface area contributed by atoms with Gasteiger partial charge in [0.05, 0.1) is 6.20 Å². The molecule has 2 rings (SSSR count). The van der Waals surface area contributed by atoms with Crippen molar-refractivity contribution in [1.29, 1.82) is 0 Å². The van der Waals surface area contributed by atoms with Crippen LogP contribution in [0, 0.1) is 0 Å². The summed E-state index contributed by atoms with van der Waals surface area (Å²) < 4.78 is 1.83. The van der Waals surface area contributed by atoms with Crippen LogP contribution in [0.15, 0.2) is 36.7 Å². The van der Waals surface area contributed by atoms with Crippen molar-refractivity contribution in [2.75, 3.05) is 0 Å². The third-order valence-electron chi connectivity index (χ3n) is 3.13. The summed E-state index contributed by atoms with van der Waals surface area (Å²) >= 11 is 0. The van der Waals surface area contributed by atoms with E-state index < -0.39 is 0 Å². The maximum Gasteiger partial charge on any atom is 0.0568 e. The smallest absolute Gasteiger partial charge is 0.0568 e. The van der Waals surface area contributed by atoms with E-state index in [1.807, 2.05) is 24.1 Å². The van der Waals surface area contributed by atoms with Crippen LogP contribution in [-0.4, -0.2) is 9.78 Å². The van der Waals surface area contributed by atoms with E-state index in [0.29, 0.717) is 5.92 Å². The van der Waals surface area contributed by atoms with Crippen LogP contribution in [0.25, 0.3) is 11.1 Å². The van der Waals surface area contributed by atoms with Crippen LogP contribution in [0.3, 0.4) is 0 Å². The molecule has 0 saturated heterocycles. The number of aryl methyl sites for hydroxylation is 1. The second-order valence-corrected chi connectivity index (χ2v) is 4.33. The Morgan fingerprint density at radius 1 is 1.19 bits per heavy atom. The standard InChI is InChI=1S/C14H18N2/c1-4-11(2)12-5-7-13(8-6-12)14-9-15-16(3)10-14/h5-11H,4H2,1-3H3. The summed E-state index contributed by atoms with van der Waals surface area (Å²) in [6.45, 7) is 4.48. The molecular formula is C14H18N2. The van der Waals surface area contributed by atoms with Gasteiger partial charge in [0.1, 0.15) is 0 Å². The maximum atomic E-state index is 4.18. The molecule has 0 aliphatic rings. The van der Waals surface area contributed by atoms with E-state index in [9.17, 15) is 0 Å². The Balaban J connectivity index is 2.25. The lowest BCUT2D eigenvalue weighted by atomic mass is 9.97. The molecule has 0 bridgehead atoms. The second kappa shape index (κ2) is 4.52. The van der Waals surface area contributed by atoms with Crippen LogP contribution in [0.1, 0.15) is 31.7 Å². The Kier molecular flexibility index (Phi) is 3.09. The highest BCUT2D eigenvalue weighted by atomic mass is 15.2. The lowest BCUT2D eigenvalue weighted by Crippen LogP contribution is -1.90.